The zero-order valence-corrected chi connectivity index (χ0v) is 16.4. The summed E-state index contributed by atoms with van der Waals surface area (Å²) in [6.45, 7) is 22.6. The quantitative estimate of drug-likeness (QED) is 0.597. The first-order chi connectivity index (χ1) is 10.0. The van der Waals surface area contributed by atoms with Crippen molar-refractivity contribution >= 4 is 0 Å². The van der Waals surface area contributed by atoms with E-state index in [4.69, 9.17) is 4.74 Å². The van der Waals surface area contributed by atoms with Gasteiger partial charge in [0.15, 0.2) is 0 Å². The van der Waals surface area contributed by atoms with Crippen LogP contribution in [0.3, 0.4) is 0 Å². The summed E-state index contributed by atoms with van der Waals surface area (Å²) in [7, 11) is 0. The topological polar surface area (TPSA) is 9.23 Å². The second-order valence-electron chi connectivity index (χ2n) is 8.31. The van der Waals surface area contributed by atoms with Crippen LogP contribution >= 0.6 is 0 Å². The van der Waals surface area contributed by atoms with E-state index >= 15 is 0 Å². The molecule has 0 aliphatic rings. The standard InChI is InChI=1S/C21H36O/c1-11-16-18(21(8,9)10)12-17(13(2)3)20(22-15(6)7)19(16)14(4)5/h12-15H,11H2,1-10H3. The molecule has 22 heavy (non-hydrogen) atoms. The monoisotopic (exact) mass is 304 g/mol. The van der Waals surface area contributed by atoms with E-state index in [-0.39, 0.29) is 11.5 Å². The molecule has 0 aliphatic heterocycles. The number of ether oxygens (including phenoxy) is 1. The SMILES string of the molecule is CCc1c(C(C)(C)C)cc(C(C)C)c(OC(C)C)c1C(C)C. The van der Waals surface area contributed by atoms with Gasteiger partial charge in [-0.15, -0.1) is 0 Å². The highest BCUT2D eigenvalue weighted by atomic mass is 16.5. The summed E-state index contributed by atoms with van der Waals surface area (Å²) in [5, 5.41) is 0. The maximum absolute atomic E-state index is 6.31. The summed E-state index contributed by atoms with van der Waals surface area (Å²) in [5.74, 6) is 2.09. The highest BCUT2D eigenvalue weighted by Crippen LogP contribution is 2.43. The van der Waals surface area contributed by atoms with Gasteiger partial charge in [0.05, 0.1) is 6.10 Å². The molecule has 0 atom stereocenters. The molecule has 0 bridgehead atoms. The molecule has 0 radical (unpaired) electrons. The summed E-state index contributed by atoms with van der Waals surface area (Å²) in [6, 6.07) is 2.41. The molecule has 0 aromatic heterocycles. The molecule has 1 heteroatoms. The molecule has 1 nitrogen and oxygen atoms in total. The molecule has 0 saturated heterocycles. The Balaban J connectivity index is 3.81. The van der Waals surface area contributed by atoms with Crippen LogP contribution in [0.2, 0.25) is 0 Å². The van der Waals surface area contributed by atoms with Crippen LogP contribution in [0.15, 0.2) is 6.07 Å². The minimum Gasteiger partial charge on any atom is -0.490 e. The largest absolute Gasteiger partial charge is 0.490 e. The third-order valence-corrected chi connectivity index (χ3v) is 4.17. The summed E-state index contributed by atoms with van der Waals surface area (Å²) < 4.78 is 6.31. The van der Waals surface area contributed by atoms with E-state index in [1.165, 1.54) is 22.3 Å². The van der Waals surface area contributed by atoms with Crippen molar-refractivity contribution < 1.29 is 4.74 Å². The summed E-state index contributed by atoms with van der Waals surface area (Å²) >= 11 is 0. The number of rotatable bonds is 5. The van der Waals surface area contributed by atoms with Gasteiger partial charge in [-0.25, -0.2) is 0 Å². The van der Waals surface area contributed by atoms with Crippen molar-refractivity contribution in [2.24, 2.45) is 0 Å². The van der Waals surface area contributed by atoms with Gasteiger partial charge in [-0.3, -0.25) is 0 Å². The van der Waals surface area contributed by atoms with Crippen LogP contribution in [-0.2, 0) is 11.8 Å². The third kappa shape index (κ3) is 4.06. The van der Waals surface area contributed by atoms with Gasteiger partial charge in [0.25, 0.3) is 0 Å². The normalized spacial score (nSPS) is 12.6. The van der Waals surface area contributed by atoms with Crippen LogP contribution in [0.4, 0.5) is 0 Å². The Hall–Kier alpha value is -0.980. The van der Waals surface area contributed by atoms with Gasteiger partial charge in [0.2, 0.25) is 0 Å². The van der Waals surface area contributed by atoms with Crippen molar-refractivity contribution in [1.82, 2.24) is 0 Å². The van der Waals surface area contributed by atoms with Crippen LogP contribution in [0.5, 0.6) is 5.75 Å². The molecule has 126 valence electrons. The predicted octanol–water partition coefficient (Wildman–Crippen LogP) is 6.58. The van der Waals surface area contributed by atoms with Crippen LogP contribution < -0.4 is 4.74 Å². The summed E-state index contributed by atoms with van der Waals surface area (Å²) in [4.78, 5) is 0. The van der Waals surface area contributed by atoms with Gasteiger partial charge in [-0.1, -0.05) is 61.5 Å². The Morgan fingerprint density at radius 1 is 0.955 bits per heavy atom. The molecule has 1 rings (SSSR count). The first kappa shape index (κ1) is 19.1. The highest BCUT2D eigenvalue weighted by molar-refractivity contribution is 5.55. The van der Waals surface area contributed by atoms with E-state index in [0.717, 1.165) is 12.2 Å². The maximum Gasteiger partial charge on any atom is 0.126 e. The van der Waals surface area contributed by atoms with Gasteiger partial charge < -0.3 is 4.74 Å². The Kier molecular flexibility index (Phi) is 6.12. The molecule has 0 N–H and O–H groups in total. The Bertz CT molecular complexity index is 502. The molecule has 0 aliphatic carbocycles. The van der Waals surface area contributed by atoms with E-state index in [9.17, 15) is 0 Å². The fraction of sp³-hybridized carbons (Fsp3) is 0.714. The second-order valence-corrected chi connectivity index (χ2v) is 8.31. The minimum atomic E-state index is 0.162. The van der Waals surface area contributed by atoms with Crippen LogP contribution in [0.25, 0.3) is 0 Å². The molecule has 0 amide bonds. The lowest BCUT2D eigenvalue weighted by atomic mass is 9.76. The zero-order chi connectivity index (χ0) is 17.2. The lowest BCUT2D eigenvalue weighted by Gasteiger charge is -2.31. The van der Waals surface area contributed by atoms with Crippen molar-refractivity contribution in [1.29, 1.82) is 0 Å². The molecule has 0 spiro atoms. The Morgan fingerprint density at radius 2 is 1.50 bits per heavy atom. The average Bonchev–Trinajstić information content (AvgIpc) is 2.34. The first-order valence-corrected chi connectivity index (χ1v) is 8.87. The molecule has 0 fully saturated rings. The Morgan fingerprint density at radius 3 is 1.82 bits per heavy atom. The molecular weight excluding hydrogens is 268 g/mol. The number of hydrogen-bond acceptors (Lipinski definition) is 1. The van der Waals surface area contributed by atoms with E-state index in [1.54, 1.807) is 0 Å². The summed E-state index contributed by atoms with van der Waals surface area (Å²) in [6.07, 6.45) is 1.27. The van der Waals surface area contributed by atoms with Gasteiger partial charge in [-0.05, 0) is 54.2 Å². The van der Waals surface area contributed by atoms with Crippen molar-refractivity contribution in [3.05, 3.63) is 28.3 Å². The van der Waals surface area contributed by atoms with E-state index in [1.807, 2.05) is 0 Å². The lowest BCUT2D eigenvalue weighted by Crippen LogP contribution is -2.20. The van der Waals surface area contributed by atoms with E-state index in [2.05, 4.69) is 75.3 Å². The molecule has 0 heterocycles. The van der Waals surface area contributed by atoms with Crippen molar-refractivity contribution in [2.75, 3.05) is 0 Å². The zero-order valence-electron chi connectivity index (χ0n) is 16.4. The fourth-order valence-corrected chi connectivity index (χ4v) is 3.20. The fourth-order valence-electron chi connectivity index (χ4n) is 3.20. The van der Waals surface area contributed by atoms with Crippen LogP contribution in [0.1, 0.15) is 103 Å². The molecule has 1 aromatic carbocycles. The molecule has 1 aromatic rings. The van der Waals surface area contributed by atoms with Crippen LogP contribution in [0, 0.1) is 0 Å². The lowest BCUT2D eigenvalue weighted by molar-refractivity contribution is 0.235. The second kappa shape index (κ2) is 7.06. The van der Waals surface area contributed by atoms with E-state index < -0.39 is 0 Å². The van der Waals surface area contributed by atoms with Crippen molar-refractivity contribution in [3.8, 4) is 5.75 Å². The average molecular weight is 305 g/mol. The van der Waals surface area contributed by atoms with Gasteiger partial charge in [0, 0.05) is 5.56 Å². The maximum atomic E-state index is 6.31. The van der Waals surface area contributed by atoms with Crippen molar-refractivity contribution in [2.45, 2.75) is 99.0 Å². The van der Waals surface area contributed by atoms with Crippen molar-refractivity contribution in [3.63, 3.8) is 0 Å². The molecule has 0 unspecified atom stereocenters. The predicted molar refractivity (Wildman–Crippen MR) is 98.5 cm³/mol. The highest BCUT2D eigenvalue weighted by Gasteiger charge is 2.27. The molecule has 0 saturated carbocycles. The first-order valence-electron chi connectivity index (χ1n) is 8.87. The summed E-state index contributed by atoms with van der Waals surface area (Å²) in [5.41, 5.74) is 5.92. The Labute approximate surface area is 138 Å². The van der Waals surface area contributed by atoms with Gasteiger partial charge in [-0.2, -0.15) is 0 Å². The number of benzene rings is 1. The van der Waals surface area contributed by atoms with Crippen LogP contribution in [-0.4, -0.2) is 6.10 Å². The van der Waals surface area contributed by atoms with E-state index in [0.29, 0.717) is 11.8 Å². The third-order valence-electron chi connectivity index (χ3n) is 4.17. The molecular formula is C21H36O. The smallest absolute Gasteiger partial charge is 0.126 e. The van der Waals surface area contributed by atoms with Gasteiger partial charge in [0.1, 0.15) is 5.75 Å². The minimum absolute atomic E-state index is 0.162. The number of hydrogen-bond donors (Lipinski definition) is 0. The van der Waals surface area contributed by atoms with Gasteiger partial charge >= 0.3 is 0 Å².